The molecule has 0 bridgehead atoms. The first-order valence-electron chi connectivity index (χ1n) is 4.33. The fourth-order valence-electron chi connectivity index (χ4n) is 0.706. The van der Waals surface area contributed by atoms with Gasteiger partial charge in [0.25, 0.3) is 5.78 Å². The third-order valence-corrected chi connectivity index (χ3v) is 1.66. The molecule has 5 heteroatoms. The fourth-order valence-corrected chi connectivity index (χ4v) is 0.706. The molecular formula is C9H16O5. The molecule has 0 radical (unpaired) electrons. The standard InChI is InChI=1S/C9H16O5/c1-7(13-3)4-5-14-9(11)8(10)6-12-2/h7H,4-6H2,1-3H3. The topological polar surface area (TPSA) is 61.8 Å². The van der Waals surface area contributed by atoms with Gasteiger partial charge >= 0.3 is 5.97 Å². The number of ether oxygens (including phenoxy) is 3. The monoisotopic (exact) mass is 204 g/mol. The Morgan fingerprint density at radius 3 is 2.43 bits per heavy atom. The zero-order valence-electron chi connectivity index (χ0n) is 8.74. The fraction of sp³-hybridized carbons (Fsp3) is 0.778. The van der Waals surface area contributed by atoms with Gasteiger partial charge < -0.3 is 14.2 Å². The first kappa shape index (κ1) is 13.1. The van der Waals surface area contributed by atoms with E-state index in [2.05, 4.69) is 9.47 Å². The zero-order valence-corrected chi connectivity index (χ0v) is 8.74. The Morgan fingerprint density at radius 2 is 1.93 bits per heavy atom. The highest BCUT2D eigenvalue weighted by Gasteiger charge is 2.14. The maximum absolute atomic E-state index is 10.9. The lowest BCUT2D eigenvalue weighted by molar-refractivity contribution is -0.155. The van der Waals surface area contributed by atoms with Crippen molar-refractivity contribution in [3.05, 3.63) is 0 Å². The average molecular weight is 204 g/mol. The molecule has 0 aromatic rings. The van der Waals surface area contributed by atoms with E-state index in [0.717, 1.165) is 0 Å². The van der Waals surface area contributed by atoms with E-state index < -0.39 is 11.8 Å². The van der Waals surface area contributed by atoms with Crippen LogP contribution in [0.15, 0.2) is 0 Å². The van der Waals surface area contributed by atoms with Gasteiger partial charge in [-0.15, -0.1) is 0 Å². The third kappa shape index (κ3) is 5.66. The number of hydrogen-bond acceptors (Lipinski definition) is 5. The molecule has 0 aromatic carbocycles. The van der Waals surface area contributed by atoms with Gasteiger partial charge in [-0.1, -0.05) is 0 Å². The summed E-state index contributed by atoms with van der Waals surface area (Å²) in [6.07, 6.45) is 0.586. The Kier molecular flexibility index (Phi) is 6.96. The summed E-state index contributed by atoms with van der Waals surface area (Å²) in [5, 5.41) is 0. The minimum Gasteiger partial charge on any atom is -0.460 e. The predicted molar refractivity (Wildman–Crippen MR) is 48.9 cm³/mol. The average Bonchev–Trinajstić information content (AvgIpc) is 2.17. The molecule has 0 saturated carbocycles. The summed E-state index contributed by atoms with van der Waals surface area (Å²) in [6, 6.07) is 0. The van der Waals surface area contributed by atoms with Crippen LogP contribution in [0.5, 0.6) is 0 Å². The lowest BCUT2D eigenvalue weighted by Gasteiger charge is -2.08. The number of ketones is 1. The second-order valence-electron chi connectivity index (χ2n) is 2.83. The van der Waals surface area contributed by atoms with E-state index in [1.54, 1.807) is 7.11 Å². The molecule has 0 rings (SSSR count). The van der Waals surface area contributed by atoms with Gasteiger partial charge in [0, 0.05) is 20.6 Å². The van der Waals surface area contributed by atoms with Gasteiger partial charge in [0.2, 0.25) is 0 Å². The van der Waals surface area contributed by atoms with E-state index >= 15 is 0 Å². The van der Waals surface area contributed by atoms with Crippen molar-refractivity contribution in [3.8, 4) is 0 Å². The number of hydrogen-bond donors (Lipinski definition) is 0. The predicted octanol–water partition coefficient (Wildman–Crippen LogP) is 0.170. The van der Waals surface area contributed by atoms with Crippen LogP contribution >= 0.6 is 0 Å². The quantitative estimate of drug-likeness (QED) is 0.437. The summed E-state index contributed by atoms with van der Waals surface area (Å²) >= 11 is 0. The van der Waals surface area contributed by atoms with Gasteiger partial charge in [0.05, 0.1) is 12.7 Å². The summed E-state index contributed by atoms with van der Waals surface area (Å²) in [5.41, 5.74) is 0. The molecule has 0 aliphatic rings. The summed E-state index contributed by atoms with van der Waals surface area (Å²) in [5.74, 6) is -1.52. The molecule has 82 valence electrons. The van der Waals surface area contributed by atoms with Gasteiger partial charge in [-0.05, 0) is 6.92 Å². The highest BCUT2D eigenvalue weighted by atomic mass is 16.5. The minimum atomic E-state index is -0.852. The zero-order chi connectivity index (χ0) is 11.0. The molecule has 0 aliphatic carbocycles. The lowest BCUT2D eigenvalue weighted by atomic mass is 10.3. The van der Waals surface area contributed by atoms with Crippen LogP contribution in [-0.4, -0.2) is 45.3 Å². The Morgan fingerprint density at radius 1 is 1.29 bits per heavy atom. The van der Waals surface area contributed by atoms with Crippen molar-refractivity contribution in [2.75, 3.05) is 27.4 Å². The number of carbonyl (C=O) groups excluding carboxylic acids is 2. The van der Waals surface area contributed by atoms with Crippen LogP contribution in [0.3, 0.4) is 0 Å². The number of Topliss-reactive ketones (excluding diaryl/α,β-unsaturated/α-hetero) is 1. The molecule has 1 atom stereocenters. The first-order valence-corrected chi connectivity index (χ1v) is 4.33. The van der Waals surface area contributed by atoms with Crippen LogP contribution in [-0.2, 0) is 23.8 Å². The summed E-state index contributed by atoms with van der Waals surface area (Å²) in [6.45, 7) is 1.80. The number of rotatable bonds is 7. The summed E-state index contributed by atoms with van der Waals surface area (Å²) in [4.78, 5) is 21.8. The van der Waals surface area contributed by atoms with Crippen molar-refractivity contribution in [2.45, 2.75) is 19.4 Å². The molecule has 0 fully saturated rings. The Labute approximate surface area is 83.3 Å². The normalized spacial score (nSPS) is 12.2. The van der Waals surface area contributed by atoms with Gasteiger partial charge in [0.15, 0.2) is 0 Å². The van der Waals surface area contributed by atoms with Crippen LogP contribution in [0.4, 0.5) is 0 Å². The van der Waals surface area contributed by atoms with E-state index in [1.807, 2.05) is 6.92 Å². The molecule has 14 heavy (non-hydrogen) atoms. The van der Waals surface area contributed by atoms with Gasteiger partial charge in [-0.3, -0.25) is 4.79 Å². The summed E-state index contributed by atoms with van der Waals surface area (Å²) < 4.78 is 14.1. The molecule has 0 heterocycles. The second-order valence-corrected chi connectivity index (χ2v) is 2.83. The molecule has 0 spiro atoms. The maximum atomic E-state index is 10.9. The largest absolute Gasteiger partial charge is 0.460 e. The molecule has 5 nitrogen and oxygen atoms in total. The molecule has 0 aliphatic heterocycles. The van der Waals surface area contributed by atoms with E-state index in [1.165, 1.54) is 7.11 Å². The van der Waals surface area contributed by atoms with Crippen LogP contribution in [0.1, 0.15) is 13.3 Å². The SMILES string of the molecule is COCC(=O)C(=O)OCCC(C)OC. The second kappa shape index (κ2) is 7.46. The highest BCUT2D eigenvalue weighted by molar-refractivity contribution is 6.34. The van der Waals surface area contributed by atoms with Crippen LogP contribution < -0.4 is 0 Å². The smallest absolute Gasteiger partial charge is 0.377 e. The molecule has 0 aromatic heterocycles. The molecular weight excluding hydrogens is 188 g/mol. The number of carbonyl (C=O) groups is 2. The van der Waals surface area contributed by atoms with Crippen molar-refractivity contribution < 1.29 is 23.8 Å². The van der Waals surface area contributed by atoms with Crippen LogP contribution in [0.25, 0.3) is 0 Å². The molecule has 0 saturated heterocycles. The Bertz CT molecular complexity index is 190. The van der Waals surface area contributed by atoms with Crippen LogP contribution in [0.2, 0.25) is 0 Å². The van der Waals surface area contributed by atoms with Crippen molar-refractivity contribution in [1.82, 2.24) is 0 Å². The van der Waals surface area contributed by atoms with E-state index in [4.69, 9.17) is 4.74 Å². The van der Waals surface area contributed by atoms with Crippen molar-refractivity contribution in [2.24, 2.45) is 0 Å². The Balaban J connectivity index is 3.58. The molecule has 1 unspecified atom stereocenters. The maximum Gasteiger partial charge on any atom is 0.377 e. The molecule has 0 amide bonds. The lowest BCUT2D eigenvalue weighted by Crippen LogP contribution is -2.23. The van der Waals surface area contributed by atoms with Gasteiger partial charge in [0.1, 0.15) is 6.61 Å². The minimum absolute atomic E-state index is 0.0142. The number of esters is 1. The van der Waals surface area contributed by atoms with Crippen molar-refractivity contribution in [3.63, 3.8) is 0 Å². The van der Waals surface area contributed by atoms with E-state index in [0.29, 0.717) is 6.42 Å². The molecule has 0 N–H and O–H groups in total. The third-order valence-electron chi connectivity index (χ3n) is 1.66. The first-order chi connectivity index (χ1) is 6.61. The Hall–Kier alpha value is -0.940. The van der Waals surface area contributed by atoms with Crippen molar-refractivity contribution in [1.29, 1.82) is 0 Å². The van der Waals surface area contributed by atoms with E-state index in [9.17, 15) is 9.59 Å². The van der Waals surface area contributed by atoms with Gasteiger partial charge in [-0.2, -0.15) is 0 Å². The summed E-state index contributed by atoms with van der Waals surface area (Å²) in [7, 11) is 2.92. The van der Waals surface area contributed by atoms with E-state index in [-0.39, 0.29) is 19.3 Å². The highest BCUT2D eigenvalue weighted by Crippen LogP contribution is 1.96. The van der Waals surface area contributed by atoms with Crippen LogP contribution in [0, 0.1) is 0 Å². The van der Waals surface area contributed by atoms with Gasteiger partial charge in [-0.25, -0.2) is 4.79 Å². The number of methoxy groups -OCH3 is 2. The van der Waals surface area contributed by atoms with Crippen molar-refractivity contribution >= 4 is 11.8 Å².